The van der Waals surface area contributed by atoms with Crippen LogP contribution in [-0.2, 0) is 6.18 Å². The van der Waals surface area contributed by atoms with Crippen molar-refractivity contribution in [2.75, 3.05) is 23.3 Å². The van der Waals surface area contributed by atoms with E-state index in [1.807, 2.05) is 0 Å². The Morgan fingerprint density at radius 1 is 1.22 bits per heavy atom. The minimum absolute atomic E-state index is 0.164. The monoisotopic (exact) mass is 398 g/mol. The van der Waals surface area contributed by atoms with E-state index in [1.54, 1.807) is 6.92 Å². The number of carbonyl (C=O) groups excluding carboxylic acids is 1. The van der Waals surface area contributed by atoms with Crippen LogP contribution in [0.3, 0.4) is 0 Å². The molecule has 1 saturated heterocycles. The van der Waals surface area contributed by atoms with Gasteiger partial charge in [-0.15, -0.1) is 0 Å². The summed E-state index contributed by atoms with van der Waals surface area (Å²) in [6.07, 6.45) is 0.242. The van der Waals surface area contributed by atoms with E-state index in [4.69, 9.17) is 11.6 Å². The maximum atomic E-state index is 12.8. The lowest BCUT2D eigenvalue weighted by Gasteiger charge is -2.26. The second-order valence-corrected chi connectivity index (χ2v) is 6.77. The Balaban J connectivity index is 1.75. The van der Waals surface area contributed by atoms with E-state index in [9.17, 15) is 18.0 Å². The molecule has 0 unspecified atom stereocenters. The molecule has 1 fully saturated rings. The van der Waals surface area contributed by atoms with Crippen LogP contribution in [-0.4, -0.2) is 29.0 Å². The van der Waals surface area contributed by atoms with Crippen molar-refractivity contribution in [3.05, 3.63) is 46.2 Å². The number of alkyl halides is 3. The van der Waals surface area contributed by atoms with Crippen LogP contribution in [0.1, 0.15) is 40.9 Å². The van der Waals surface area contributed by atoms with Gasteiger partial charge in [0.1, 0.15) is 0 Å². The van der Waals surface area contributed by atoms with E-state index in [-0.39, 0.29) is 11.3 Å². The fraction of sp³-hybridized carbons (Fsp3) is 0.389. The number of hydrogen-bond acceptors (Lipinski definition) is 4. The number of nitrogens with zero attached hydrogens (tertiary/aromatic N) is 3. The number of nitrogens with one attached hydrogen (secondary N) is 1. The molecule has 1 aromatic heterocycles. The Labute approximate surface area is 159 Å². The molecule has 0 bridgehead atoms. The molecule has 1 amide bonds. The first-order valence-corrected chi connectivity index (χ1v) is 8.90. The minimum atomic E-state index is -4.55. The fourth-order valence-electron chi connectivity index (χ4n) is 2.95. The number of anilines is 2. The van der Waals surface area contributed by atoms with Crippen molar-refractivity contribution in [3.8, 4) is 0 Å². The standard InChI is InChI=1S/C18H18ClF3N4O/c1-11-13(10-23-17(24-11)26-7-3-2-4-8-26)16(27)25-12-5-6-14(15(19)9-12)18(20,21)22/h5-6,9-10H,2-4,7-8H2,1H3,(H,25,27). The van der Waals surface area contributed by atoms with Crippen LogP contribution >= 0.6 is 11.6 Å². The third kappa shape index (κ3) is 4.50. The number of hydrogen-bond donors (Lipinski definition) is 1. The molecule has 27 heavy (non-hydrogen) atoms. The average Bonchev–Trinajstić information content (AvgIpc) is 2.61. The second kappa shape index (κ2) is 7.72. The third-order valence-electron chi connectivity index (χ3n) is 4.38. The minimum Gasteiger partial charge on any atom is -0.341 e. The number of aromatic nitrogens is 2. The second-order valence-electron chi connectivity index (χ2n) is 6.36. The Kier molecular flexibility index (Phi) is 5.55. The smallest absolute Gasteiger partial charge is 0.341 e. The van der Waals surface area contributed by atoms with Gasteiger partial charge >= 0.3 is 6.18 Å². The Morgan fingerprint density at radius 2 is 1.93 bits per heavy atom. The zero-order valence-electron chi connectivity index (χ0n) is 14.6. The third-order valence-corrected chi connectivity index (χ3v) is 4.70. The van der Waals surface area contributed by atoms with Crippen LogP contribution in [0.15, 0.2) is 24.4 Å². The molecule has 9 heteroatoms. The van der Waals surface area contributed by atoms with Gasteiger partial charge in [0.05, 0.1) is 21.8 Å². The largest absolute Gasteiger partial charge is 0.417 e. The summed E-state index contributed by atoms with van der Waals surface area (Å²) >= 11 is 5.68. The zero-order chi connectivity index (χ0) is 19.6. The van der Waals surface area contributed by atoms with E-state index in [2.05, 4.69) is 20.2 Å². The van der Waals surface area contributed by atoms with Crippen molar-refractivity contribution in [1.29, 1.82) is 0 Å². The summed E-state index contributed by atoms with van der Waals surface area (Å²) in [5.41, 5.74) is -0.0297. The number of aryl methyl sites for hydroxylation is 1. The number of carbonyl (C=O) groups is 1. The van der Waals surface area contributed by atoms with Gasteiger partial charge in [-0.2, -0.15) is 13.2 Å². The molecule has 0 radical (unpaired) electrons. The molecule has 2 aromatic rings. The molecule has 1 N–H and O–H groups in total. The van der Waals surface area contributed by atoms with Crippen LogP contribution in [0.2, 0.25) is 5.02 Å². The van der Waals surface area contributed by atoms with Crippen LogP contribution in [0.5, 0.6) is 0 Å². The first kappa shape index (κ1) is 19.4. The predicted molar refractivity (Wildman–Crippen MR) is 97.2 cm³/mol. The molecular weight excluding hydrogens is 381 g/mol. The van der Waals surface area contributed by atoms with Gasteiger partial charge in [-0.3, -0.25) is 4.79 Å². The van der Waals surface area contributed by atoms with E-state index in [0.717, 1.165) is 44.1 Å². The first-order valence-electron chi connectivity index (χ1n) is 8.52. The van der Waals surface area contributed by atoms with Gasteiger partial charge in [-0.25, -0.2) is 9.97 Å². The number of amides is 1. The molecule has 0 saturated carbocycles. The van der Waals surface area contributed by atoms with Crippen molar-refractivity contribution in [3.63, 3.8) is 0 Å². The first-order chi connectivity index (χ1) is 12.8. The maximum Gasteiger partial charge on any atom is 0.417 e. The number of piperidine rings is 1. The van der Waals surface area contributed by atoms with E-state index in [0.29, 0.717) is 11.6 Å². The molecule has 0 aliphatic carbocycles. The van der Waals surface area contributed by atoms with E-state index < -0.39 is 22.7 Å². The van der Waals surface area contributed by atoms with Crippen molar-refractivity contribution in [2.24, 2.45) is 0 Å². The van der Waals surface area contributed by atoms with E-state index in [1.165, 1.54) is 12.6 Å². The van der Waals surface area contributed by atoms with Gasteiger partial charge in [-0.1, -0.05) is 11.6 Å². The predicted octanol–water partition coefficient (Wildman–Crippen LogP) is 4.70. The molecular formula is C18H18ClF3N4O. The van der Waals surface area contributed by atoms with Crippen molar-refractivity contribution >= 4 is 29.1 Å². The molecule has 2 heterocycles. The lowest BCUT2D eigenvalue weighted by atomic mass is 10.1. The molecule has 5 nitrogen and oxygen atoms in total. The van der Waals surface area contributed by atoms with Crippen molar-refractivity contribution in [1.82, 2.24) is 9.97 Å². The normalized spacial score (nSPS) is 14.9. The summed E-state index contributed by atoms with van der Waals surface area (Å²) < 4.78 is 38.3. The molecule has 0 atom stereocenters. The van der Waals surface area contributed by atoms with E-state index >= 15 is 0 Å². The highest BCUT2D eigenvalue weighted by Gasteiger charge is 2.33. The quantitative estimate of drug-likeness (QED) is 0.814. The molecule has 144 valence electrons. The molecule has 1 aromatic carbocycles. The SMILES string of the molecule is Cc1nc(N2CCCCC2)ncc1C(=O)Nc1ccc(C(F)(F)F)c(Cl)c1. The Morgan fingerprint density at radius 3 is 2.52 bits per heavy atom. The summed E-state index contributed by atoms with van der Waals surface area (Å²) in [4.78, 5) is 23.2. The van der Waals surface area contributed by atoms with Crippen LogP contribution in [0.4, 0.5) is 24.8 Å². The molecule has 1 aliphatic rings. The van der Waals surface area contributed by atoms with Gasteiger partial charge in [-0.05, 0) is 44.4 Å². The van der Waals surface area contributed by atoms with Gasteiger partial charge in [0.2, 0.25) is 5.95 Å². The maximum absolute atomic E-state index is 12.8. The highest BCUT2D eigenvalue weighted by Crippen LogP contribution is 2.35. The molecule has 1 aliphatic heterocycles. The zero-order valence-corrected chi connectivity index (χ0v) is 15.4. The fourth-order valence-corrected chi connectivity index (χ4v) is 3.23. The number of benzene rings is 1. The number of rotatable bonds is 3. The number of halogens is 4. The van der Waals surface area contributed by atoms with Crippen LogP contribution in [0.25, 0.3) is 0 Å². The topological polar surface area (TPSA) is 58.1 Å². The van der Waals surface area contributed by atoms with Gasteiger partial charge in [0.15, 0.2) is 0 Å². The lowest BCUT2D eigenvalue weighted by molar-refractivity contribution is -0.137. The lowest BCUT2D eigenvalue weighted by Crippen LogP contribution is -2.31. The molecule has 0 spiro atoms. The molecule has 3 rings (SSSR count). The average molecular weight is 399 g/mol. The van der Waals surface area contributed by atoms with Crippen LogP contribution < -0.4 is 10.2 Å². The Hall–Kier alpha value is -2.35. The summed E-state index contributed by atoms with van der Waals surface area (Å²) in [5.74, 6) is 0.0786. The van der Waals surface area contributed by atoms with Crippen molar-refractivity contribution < 1.29 is 18.0 Å². The highest BCUT2D eigenvalue weighted by atomic mass is 35.5. The van der Waals surface area contributed by atoms with Gasteiger partial charge in [0, 0.05) is 25.0 Å². The Bertz CT molecular complexity index is 851. The summed E-state index contributed by atoms with van der Waals surface area (Å²) in [5, 5.41) is 2.06. The van der Waals surface area contributed by atoms with Crippen LogP contribution in [0, 0.1) is 6.92 Å². The van der Waals surface area contributed by atoms with Crippen molar-refractivity contribution in [2.45, 2.75) is 32.4 Å². The van der Waals surface area contributed by atoms with Gasteiger partial charge < -0.3 is 10.2 Å². The summed E-state index contributed by atoms with van der Waals surface area (Å²) in [7, 11) is 0. The highest BCUT2D eigenvalue weighted by molar-refractivity contribution is 6.31. The summed E-state index contributed by atoms with van der Waals surface area (Å²) in [6.45, 7) is 3.47. The summed E-state index contributed by atoms with van der Waals surface area (Å²) in [6, 6.07) is 3.06. The van der Waals surface area contributed by atoms with Gasteiger partial charge in [0.25, 0.3) is 5.91 Å².